The Balaban J connectivity index is 1.14. The Labute approximate surface area is 379 Å². The highest BCUT2D eigenvalue weighted by Crippen LogP contribution is 2.77. The first-order chi connectivity index (χ1) is 30.5. The number of hydrogen-bond donors (Lipinski definition) is 10. The number of ketones is 1. The van der Waals surface area contributed by atoms with Crippen molar-refractivity contribution in [2.75, 3.05) is 6.54 Å². The molecule has 0 aromatic carbocycles. The Morgan fingerprint density at radius 2 is 1.72 bits per heavy atom. The molecule has 1 saturated heterocycles. The summed E-state index contributed by atoms with van der Waals surface area (Å²) in [6, 6.07) is 0. The molecular formula is C52H75N3O9. The van der Waals surface area contributed by atoms with Crippen LogP contribution in [0.15, 0.2) is 47.3 Å². The van der Waals surface area contributed by atoms with Crippen LogP contribution in [0.2, 0.25) is 0 Å². The number of nitrogens with two attached hydrogens (primary N) is 1. The van der Waals surface area contributed by atoms with Crippen molar-refractivity contribution in [3.63, 3.8) is 0 Å². The number of hydrogen-bond acceptors (Lipinski definition) is 12. The highest BCUT2D eigenvalue weighted by atomic mass is 16.5. The quantitative estimate of drug-likeness (QED) is 0.125. The number of rotatable bonds is 8. The van der Waals surface area contributed by atoms with Gasteiger partial charge >= 0.3 is 0 Å². The van der Waals surface area contributed by atoms with E-state index in [1.54, 1.807) is 13.8 Å². The van der Waals surface area contributed by atoms with E-state index in [-0.39, 0.29) is 92.5 Å². The lowest BCUT2D eigenvalue weighted by Crippen LogP contribution is -2.72. The minimum Gasteiger partial charge on any atom is -0.393 e. The molecule has 6 bridgehead atoms. The van der Waals surface area contributed by atoms with Crippen LogP contribution in [0.3, 0.4) is 0 Å². The van der Waals surface area contributed by atoms with Gasteiger partial charge < -0.3 is 56.8 Å². The van der Waals surface area contributed by atoms with Crippen molar-refractivity contribution in [2.45, 2.75) is 190 Å². The molecule has 2 heterocycles. The third-order valence-electron chi connectivity index (χ3n) is 19.8. The first-order valence-corrected chi connectivity index (χ1v) is 25.1. The molecule has 12 heteroatoms. The Morgan fingerprint density at radius 1 is 0.953 bits per heavy atom. The van der Waals surface area contributed by atoms with Crippen molar-refractivity contribution in [1.29, 1.82) is 0 Å². The van der Waals surface area contributed by atoms with Gasteiger partial charge in [-0.15, -0.1) is 11.8 Å². The van der Waals surface area contributed by atoms with E-state index in [0.717, 1.165) is 37.7 Å². The monoisotopic (exact) mass is 886 g/mol. The van der Waals surface area contributed by atoms with E-state index in [1.807, 2.05) is 18.4 Å². The van der Waals surface area contributed by atoms with Crippen molar-refractivity contribution in [2.24, 2.45) is 63.4 Å². The lowest BCUT2D eigenvalue weighted by atomic mass is 9.36. The van der Waals surface area contributed by atoms with Crippen LogP contribution in [-0.2, 0) is 9.53 Å². The summed E-state index contributed by atoms with van der Waals surface area (Å²) in [5, 5.41) is 94.2. The lowest BCUT2D eigenvalue weighted by Gasteiger charge is -2.68. The van der Waals surface area contributed by atoms with Gasteiger partial charge in [0, 0.05) is 48.8 Å². The number of carbonyl (C=O) groups is 1. The molecule has 3 spiro atoms. The summed E-state index contributed by atoms with van der Waals surface area (Å²) in [6.45, 7) is 5.68. The largest absolute Gasteiger partial charge is 0.393 e. The van der Waals surface area contributed by atoms with E-state index in [9.17, 15) is 35.7 Å². The predicted molar refractivity (Wildman–Crippen MR) is 240 cm³/mol. The molecule has 11 rings (SSSR count). The summed E-state index contributed by atoms with van der Waals surface area (Å²) in [4.78, 5) is 16.0. The molecule has 0 radical (unpaired) electrons. The molecule has 0 amide bonds. The van der Waals surface area contributed by atoms with E-state index < -0.39 is 75.4 Å². The lowest BCUT2D eigenvalue weighted by molar-refractivity contribution is -0.258. The van der Waals surface area contributed by atoms with E-state index in [2.05, 4.69) is 41.6 Å². The van der Waals surface area contributed by atoms with E-state index in [0.29, 0.717) is 43.6 Å². The van der Waals surface area contributed by atoms with Crippen LogP contribution in [-0.4, -0.2) is 108 Å². The molecule has 5 saturated carbocycles. The zero-order valence-corrected chi connectivity index (χ0v) is 38.2. The number of fused-ring (bicyclic) bond motifs is 6. The van der Waals surface area contributed by atoms with Crippen molar-refractivity contribution in [3.8, 4) is 11.8 Å². The highest BCUT2D eigenvalue weighted by molar-refractivity contribution is 6.03. The maximum atomic E-state index is 16.0. The Hall–Kier alpha value is -2.57. The summed E-state index contributed by atoms with van der Waals surface area (Å²) in [5.74, 6) is 5.39. The summed E-state index contributed by atoms with van der Waals surface area (Å²) in [5.41, 5.74) is -0.596. The summed E-state index contributed by atoms with van der Waals surface area (Å²) < 4.78 is 7.05. The summed E-state index contributed by atoms with van der Waals surface area (Å²) >= 11 is 0. The molecule has 11 N–H and O–H groups in total. The number of Topliss-reactive ketones (excluding diaryl/α,β-unsaturated/α-hetero) is 1. The maximum absolute atomic E-state index is 16.0. The van der Waals surface area contributed by atoms with Crippen molar-refractivity contribution in [1.82, 2.24) is 10.6 Å². The second kappa shape index (κ2) is 16.0. The van der Waals surface area contributed by atoms with E-state index >= 15 is 4.79 Å². The van der Waals surface area contributed by atoms with Gasteiger partial charge in [-0.05, 0) is 137 Å². The predicted octanol–water partition coefficient (Wildman–Crippen LogP) is 3.76. The second-order valence-corrected chi connectivity index (χ2v) is 22.9. The Kier molecular flexibility index (Phi) is 11.3. The SMILES string of the molecule is CCC[C@H]1CC[C@H]2[C@H]3[C@@H](O[C@@H]2CC1)[C@@](O)([C@](C)(O)[C@H]1CC[C@@]2(O)C4=C(NC[C@H](C)O)C(=O)[C@@]56CC#CC[C@@]12C[C@@H]1C=C[C@@H](C2=CNC(N)C=C2)C[C@@]5(C[C@H](O)[C@H](O)C6)[C@H]41)CCC[C@@H]3O. The first-order valence-electron chi connectivity index (χ1n) is 25.1. The van der Waals surface area contributed by atoms with Crippen molar-refractivity contribution < 1.29 is 45.3 Å². The zero-order chi connectivity index (χ0) is 45.2. The van der Waals surface area contributed by atoms with Gasteiger partial charge in [0.05, 0.1) is 65.1 Å². The first kappa shape index (κ1) is 45.2. The fraction of sp³-hybridized carbons (Fsp3) is 0.788. The normalized spacial score (nSPS) is 50.5. The number of aliphatic hydroxyl groups excluding tert-OH is 4. The number of nitrogens with one attached hydrogen (secondary N) is 2. The number of aliphatic hydroxyl groups is 7. The number of dihydropyridines is 1. The fourth-order valence-corrected chi connectivity index (χ4v) is 16.9. The van der Waals surface area contributed by atoms with Gasteiger partial charge in [-0.1, -0.05) is 44.4 Å². The smallest absolute Gasteiger partial charge is 0.186 e. The Bertz CT molecular complexity index is 2060. The molecule has 9 aliphatic carbocycles. The van der Waals surface area contributed by atoms with Gasteiger partial charge in [0.25, 0.3) is 0 Å². The zero-order valence-electron chi connectivity index (χ0n) is 38.2. The molecule has 12 nitrogen and oxygen atoms in total. The number of ether oxygens (including phenoxy) is 1. The van der Waals surface area contributed by atoms with Crippen molar-refractivity contribution >= 4 is 5.78 Å². The minimum absolute atomic E-state index is 0.00631. The van der Waals surface area contributed by atoms with Crippen LogP contribution in [0.1, 0.15) is 130 Å². The average Bonchev–Trinajstić information content (AvgIpc) is 3.58. The molecule has 2 aliphatic heterocycles. The van der Waals surface area contributed by atoms with Gasteiger partial charge in [-0.3, -0.25) is 4.79 Å². The fourth-order valence-electron chi connectivity index (χ4n) is 16.9. The van der Waals surface area contributed by atoms with Crippen LogP contribution in [0.5, 0.6) is 0 Å². The average molecular weight is 886 g/mol. The van der Waals surface area contributed by atoms with Gasteiger partial charge in [0.1, 0.15) is 5.60 Å². The highest BCUT2D eigenvalue weighted by Gasteiger charge is 2.79. The van der Waals surface area contributed by atoms with E-state index in [4.69, 9.17) is 10.5 Å². The summed E-state index contributed by atoms with van der Waals surface area (Å²) in [7, 11) is 0. The molecule has 64 heavy (non-hydrogen) atoms. The third-order valence-corrected chi connectivity index (χ3v) is 19.8. The molecule has 352 valence electrons. The molecule has 11 aliphatic rings. The second-order valence-electron chi connectivity index (χ2n) is 22.9. The number of carbonyl (C=O) groups excluding carboxylic acids is 1. The molecule has 1 unspecified atom stereocenters. The van der Waals surface area contributed by atoms with Gasteiger partial charge in [-0.25, -0.2) is 0 Å². The maximum Gasteiger partial charge on any atom is 0.186 e. The van der Waals surface area contributed by atoms with Gasteiger partial charge in [0.15, 0.2) is 5.78 Å². The van der Waals surface area contributed by atoms with Crippen LogP contribution in [0.4, 0.5) is 0 Å². The van der Waals surface area contributed by atoms with Crippen LogP contribution in [0, 0.1) is 69.5 Å². The number of allylic oxidation sites excluding steroid dienone is 5. The molecule has 6 fully saturated rings. The topological polar surface area (TPSA) is 218 Å². The third kappa shape index (κ3) is 6.30. The van der Waals surface area contributed by atoms with Crippen LogP contribution in [0.25, 0.3) is 0 Å². The van der Waals surface area contributed by atoms with Gasteiger partial charge in [0.2, 0.25) is 0 Å². The summed E-state index contributed by atoms with van der Waals surface area (Å²) in [6.07, 6.45) is 14.6. The van der Waals surface area contributed by atoms with Crippen LogP contribution < -0.4 is 16.4 Å². The minimum atomic E-state index is -1.82. The molecule has 20 atom stereocenters. The Morgan fingerprint density at radius 3 is 2.47 bits per heavy atom. The molecular weight excluding hydrogens is 811 g/mol. The van der Waals surface area contributed by atoms with Crippen molar-refractivity contribution in [3.05, 3.63) is 47.3 Å². The molecule has 0 aromatic rings. The van der Waals surface area contributed by atoms with E-state index in [1.165, 1.54) is 6.42 Å². The van der Waals surface area contributed by atoms with Crippen LogP contribution >= 0.6 is 0 Å². The van der Waals surface area contributed by atoms with Gasteiger partial charge in [-0.2, -0.15) is 0 Å². The standard InChI is InChI=1S/C52H75N3O9/c1-4-8-30-10-15-34-38(16-11-30)64-46-41(34)35(57)9-7-21-52(46,63)47(3,61)39-18-22-51(62)43-42-32-13-12-31(33-14-17-40(53)54-28-33)23-50(42)26-37(59)36(58)25-49(50,20-6-5-19-48(39,51)24-32)45(60)44(43)55-27-29(2)56/h12-14,17,28-32,34-42,46,54-59,61-63H,4,7-11,15-16,18-27,53H2,1-3H3/t29-,30-,31+,32-,34+,35-,36+,37-,38+,39+,40?,41+,42-,46+,47+,48+,49-,50+,51+,52+/m0/s1. The molecule has 0 aromatic heterocycles.